The lowest BCUT2D eigenvalue weighted by Crippen LogP contribution is -2.40. The second kappa shape index (κ2) is 7.72. The summed E-state index contributed by atoms with van der Waals surface area (Å²) in [6, 6.07) is 0. The van der Waals surface area contributed by atoms with Crippen LogP contribution in [-0.4, -0.2) is 67.8 Å². The van der Waals surface area contributed by atoms with Crippen LogP contribution in [-0.2, 0) is 33.3 Å². The van der Waals surface area contributed by atoms with E-state index in [-0.39, 0.29) is 23.6 Å². The lowest BCUT2D eigenvalue weighted by molar-refractivity contribution is -0.166. The van der Waals surface area contributed by atoms with Crippen molar-refractivity contribution in [2.24, 2.45) is 0 Å². The Morgan fingerprint density at radius 2 is 1.75 bits per heavy atom. The van der Waals surface area contributed by atoms with Crippen molar-refractivity contribution in [1.29, 1.82) is 0 Å². The summed E-state index contributed by atoms with van der Waals surface area (Å²) in [6.07, 6.45) is -2.93. The van der Waals surface area contributed by atoms with Crippen LogP contribution in [0.3, 0.4) is 0 Å². The van der Waals surface area contributed by atoms with Gasteiger partial charge in [0.25, 0.3) is 0 Å². The number of fused-ring (bicyclic) bond motifs is 1. The molecule has 0 bridgehead atoms. The number of hydrogen-bond acceptors (Lipinski definition) is 12. The lowest BCUT2D eigenvalue weighted by Gasteiger charge is -2.22. The van der Waals surface area contributed by atoms with Gasteiger partial charge in [0, 0.05) is 20.8 Å². The smallest absolute Gasteiger partial charge is 0.303 e. The third-order valence-electron chi connectivity index (χ3n) is 3.80. The molecule has 0 radical (unpaired) electrons. The summed E-state index contributed by atoms with van der Waals surface area (Å²) >= 11 is 0. The molecular weight excluding hydrogens is 376 g/mol. The van der Waals surface area contributed by atoms with Gasteiger partial charge < -0.3 is 24.7 Å². The first kappa shape index (κ1) is 19.4. The average molecular weight is 394 g/mol. The maximum atomic E-state index is 11.6. The number of esters is 3. The second-order valence-corrected chi connectivity index (χ2v) is 5.97. The minimum absolute atomic E-state index is 0.103. The first-order chi connectivity index (χ1) is 13.3. The zero-order valence-corrected chi connectivity index (χ0v) is 15.3. The van der Waals surface area contributed by atoms with Crippen molar-refractivity contribution >= 4 is 34.9 Å². The molecule has 2 aromatic heterocycles. The lowest BCUT2D eigenvalue weighted by atomic mass is 10.1. The van der Waals surface area contributed by atoms with Gasteiger partial charge in [-0.25, -0.2) is 9.97 Å². The van der Waals surface area contributed by atoms with E-state index in [0.717, 1.165) is 4.80 Å². The zero-order valence-electron chi connectivity index (χ0n) is 15.3. The van der Waals surface area contributed by atoms with E-state index in [4.69, 9.17) is 24.7 Å². The molecule has 13 nitrogen and oxygen atoms in total. The minimum Gasteiger partial charge on any atom is -0.463 e. The van der Waals surface area contributed by atoms with Gasteiger partial charge >= 0.3 is 17.9 Å². The number of nitrogens with zero attached hydrogens (tertiary/aromatic N) is 5. The number of aromatic nitrogens is 5. The van der Waals surface area contributed by atoms with E-state index in [1.165, 1.54) is 27.1 Å². The van der Waals surface area contributed by atoms with Crippen LogP contribution in [0.5, 0.6) is 0 Å². The molecule has 0 spiro atoms. The molecule has 0 aliphatic carbocycles. The van der Waals surface area contributed by atoms with Crippen molar-refractivity contribution < 1.29 is 33.3 Å². The molecule has 0 unspecified atom stereocenters. The van der Waals surface area contributed by atoms with E-state index >= 15 is 0 Å². The normalized spacial score (nSPS) is 24.1. The third kappa shape index (κ3) is 3.98. The van der Waals surface area contributed by atoms with Crippen LogP contribution in [0.2, 0.25) is 0 Å². The Kier molecular flexibility index (Phi) is 5.35. The summed E-state index contributed by atoms with van der Waals surface area (Å²) in [6.45, 7) is 3.37. The standard InChI is InChI=1S/C15H18N6O7/c1-6(22)25-4-9-11(26-7(2)23)12(27-8(3)24)15(28-9)21-19-10-13(16)17-5-18-14(10)20-21/h5,9,11-12,15H,4H2,1-3H3,(H2,16,17,18,20)/t9-,11-,12-,15-/m1/s1. The fraction of sp³-hybridized carbons (Fsp3) is 0.533. The van der Waals surface area contributed by atoms with Crippen LogP contribution >= 0.6 is 0 Å². The summed E-state index contributed by atoms with van der Waals surface area (Å²) in [5.41, 5.74) is 6.19. The molecule has 2 N–H and O–H groups in total. The highest BCUT2D eigenvalue weighted by Crippen LogP contribution is 2.34. The molecule has 1 saturated heterocycles. The molecule has 1 fully saturated rings. The van der Waals surface area contributed by atoms with Crippen molar-refractivity contribution in [2.45, 2.75) is 45.3 Å². The van der Waals surface area contributed by atoms with Crippen molar-refractivity contribution in [3.8, 4) is 0 Å². The van der Waals surface area contributed by atoms with Gasteiger partial charge in [-0.2, -0.15) is 0 Å². The zero-order chi connectivity index (χ0) is 20.4. The van der Waals surface area contributed by atoms with Crippen molar-refractivity contribution in [2.75, 3.05) is 12.3 Å². The third-order valence-corrected chi connectivity index (χ3v) is 3.80. The van der Waals surface area contributed by atoms with Gasteiger partial charge in [-0.15, -0.1) is 15.0 Å². The number of hydrogen-bond donors (Lipinski definition) is 1. The van der Waals surface area contributed by atoms with Crippen LogP contribution in [0.1, 0.15) is 27.0 Å². The molecule has 3 heterocycles. The number of rotatable bonds is 5. The molecule has 3 rings (SSSR count). The van der Waals surface area contributed by atoms with E-state index in [9.17, 15) is 14.4 Å². The Balaban J connectivity index is 1.98. The quantitative estimate of drug-likeness (QED) is 0.491. The molecule has 13 heteroatoms. The molecule has 28 heavy (non-hydrogen) atoms. The number of nitrogens with two attached hydrogens (primary N) is 1. The SMILES string of the molecule is CC(=O)OC[C@H]1O[C@@H](n2nc3ncnc(N)c3n2)[C@H](OC(C)=O)[C@@H]1OC(C)=O. The van der Waals surface area contributed by atoms with E-state index in [1.807, 2.05) is 0 Å². The van der Waals surface area contributed by atoms with Gasteiger partial charge in [0.15, 0.2) is 23.5 Å². The number of nitrogen functional groups attached to an aromatic ring is 1. The molecule has 0 amide bonds. The Bertz CT molecular complexity index is 915. The first-order valence-electron chi connectivity index (χ1n) is 8.22. The summed E-state index contributed by atoms with van der Waals surface area (Å²) < 4.78 is 21.3. The average Bonchev–Trinajstić information content (AvgIpc) is 3.16. The summed E-state index contributed by atoms with van der Waals surface area (Å²) in [7, 11) is 0. The maximum Gasteiger partial charge on any atom is 0.303 e. The van der Waals surface area contributed by atoms with Gasteiger partial charge in [0.1, 0.15) is 19.0 Å². The van der Waals surface area contributed by atoms with Gasteiger partial charge in [-0.1, -0.05) is 0 Å². The largest absolute Gasteiger partial charge is 0.463 e. The van der Waals surface area contributed by atoms with Gasteiger partial charge in [-0.05, 0) is 0 Å². The molecule has 1 aliphatic rings. The number of carbonyl (C=O) groups is 3. The van der Waals surface area contributed by atoms with Crippen LogP contribution in [0.25, 0.3) is 11.2 Å². The molecule has 1 aliphatic heterocycles. The summed E-state index contributed by atoms with van der Waals surface area (Å²) in [5, 5.41) is 8.35. The van der Waals surface area contributed by atoms with Crippen molar-refractivity contribution in [3.05, 3.63) is 6.33 Å². The molecule has 150 valence electrons. The molecule has 0 aromatic carbocycles. The van der Waals surface area contributed by atoms with Crippen molar-refractivity contribution in [1.82, 2.24) is 25.0 Å². The monoisotopic (exact) mass is 394 g/mol. The Morgan fingerprint density at radius 1 is 1.07 bits per heavy atom. The van der Waals surface area contributed by atoms with Crippen molar-refractivity contribution in [3.63, 3.8) is 0 Å². The van der Waals surface area contributed by atoms with Crippen LogP contribution in [0.4, 0.5) is 5.82 Å². The van der Waals surface area contributed by atoms with Gasteiger partial charge in [0.05, 0.1) is 0 Å². The highest BCUT2D eigenvalue weighted by molar-refractivity contribution is 5.79. The molecule has 4 atom stereocenters. The van der Waals surface area contributed by atoms with E-state index in [0.29, 0.717) is 0 Å². The fourth-order valence-electron chi connectivity index (χ4n) is 2.77. The summed E-state index contributed by atoms with van der Waals surface area (Å²) in [4.78, 5) is 43.2. The Labute approximate surface area is 158 Å². The number of ether oxygens (including phenoxy) is 4. The predicted octanol–water partition coefficient (Wildman–Crippen LogP) is -0.873. The molecule has 2 aromatic rings. The van der Waals surface area contributed by atoms with E-state index in [1.54, 1.807) is 0 Å². The highest BCUT2D eigenvalue weighted by atomic mass is 16.7. The Hall–Kier alpha value is -3.35. The summed E-state index contributed by atoms with van der Waals surface area (Å²) in [5.74, 6) is -1.72. The Morgan fingerprint density at radius 3 is 2.36 bits per heavy atom. The fourth-order valence-corrected chi connectivity index (χ4v) is 2.77. The highest BCUT2D eigenvalue weighted by Gasteiger charge is 2.51. The van der Waals surface area contributed by atoms with Gasteiger partial charge in [-0.3, -0.25) is 14.4 Å². The maximum absolute atomic E-state index is 11.6. The molecule has 0 saturated carbocycles. The number of carbonyl (C=O) groups excluding carboxylic acids is 3. The predicted molar refractivity (Wildman–Crippen MR) is 89.2 cm³/mol. The number of anilines is 1. The van der Waals surface area contributed by atoms with Crippen LogP contribution in [0, 0.1) is 0 Å². The van der Waals surface area contributed by atoms with E-state index in [2.05, 4.69) is 20.2 Å². The van der Waals surface area contributed by atoms with Crippen LogP contribution < -0.4 is 5.73 Å². The minimum atomic E-state index is -1.10. The first-order valence-corrected chi connectivity index (χ1v) is 8.22. The van der Waals surface area contributed by atoms with Gasteiger partial charge in [0.2, 0.25) is 11.9 Å². The second-order valence-electron chi connectivity index (χ2n) is 5.97. The van der Waals surface area contributed by atoms with Crippen LogP contribution in [0.15, 0.2) is 6.33 Å². The topological polar surface area (TPSA) is 171 Å². The molecular formula is C15H18N6O7. The van der Waals surface area contributed by atoms with E-state index < -0.39 is 42.4 Å².